The molecule has 0 aliphatic rings. The summed E-state index contributed by atoms with van der Waals surface area (Å²) in [7, 11) is 0. The highest BCUT2D eigenvalue weighted by atomic mass is 32.1. The number of thiocarbonyl (C=S) groups is 1. The molecule has 0 atom stereocenters. The van der Waals surface area contributed by atoms with Crippen molar-refractivity contribution in [3.05, 3.63) is 23.9 Å². The molecule has 0 aromatic carbocycles. The van der Waals surface area contributed by atoms with E-state index in [0.29, 0.717) is 10.9 Å². The molecule has 0 saturated carbocycles. The first-order valence-electron chi connectivity index (χ1n) is 4.89. The fourth-order valence-corrected chi connectivity index (χ4v) is 1.10. The molecule has 0 radical (unpaired) electrons. The van der Waals surface area contributed by atoms with Gasteiger partial charge < -0.3 is 10.5 Å². The molecule has 4 heteroatoms. The van der Waals surface area contributed by atoms with Crippen molar-refractivity contribution in [1.82, 2.24) is 4.98 Å². The first kappa shape index (κ1) is 11.9. The molecule has 15 heavy (non-hydrogen) atoms. The van der Waals surface area contributed by atoms with Gasteiger partial charge in [-0.25, -0.2) is 4.98 Å². The van der Waals surface area contributed by atoms with E-state index in [1.165, 1.54) is 0 Å². The van der Waals surface area contributed by atoms with E-state index in [-0.39, 0.29) is 5.60 Å². The van der Waals surface area contributed by atoms with Crippen LogP contribution in [0.25, 0.3) is 0 Å². The van der Waals surface area contributed by atoms with Crippen LogP contribution >= 0.6 is 12.2 Å². The molecule has 0 bridgehead atoms. The fraction of sp³-hybridized carbons (Fsp3) is 0.455. The average molecular weight is 224 g/mol. The molecule has 0 fully saturated rings. The third kappa shape index (κ3) is 3.47. The van der Waals surface area contributed by atoms with Crippen molar-refractivity contribution in [3.63, 3.8) is 0 Å². The Morgan fingerprint density at radius 2 is 2.27 bits per heavy atom. The largest absolute Gasteiger partial charge is 0.472 e. The second-order valence-corrected chi connectivity index (χ2v) is 4.40. The molecule has 1 aromatic rings. The predicted molar refractivity (Wildman–Crippen MR) is 65.1 cm³/mol. The summed E-state index contributed by atoms with van der Waals surface area (Å²) in [5.41, 5.74) is 6.09. The minimum absolute atomic E-state index is 0.220. The minimum Gasteiger partial charge on any atom is -0.472 e. The summed E-state index contributed by atoms with van der Waals surface area (Å²) >= 11 is 4.89. The number of pyridine rings is 1. The van der Waals surface area contributed by atoms with Crippen molar-refractivity contribution in [2.45, 2.75) is 32.8 Å². The molecule has 0 saturated heterocycles. The number of hydrogen-bond acceptors (Lipinski definition) is 3. The van der Waals surface area contributed by atoms with Gasteiger partial charge in [0.15, 0.2) is 0 Å². The van der Waals surface area contributed by atoms with Gasteiger partial charge in [-0.3, -0.25) is 0 Å². The van der Waals surface area contributed by atoms with E-state index >= 15 is 0 Å². The summed E-state index contributed by atoms with van der Waals surface area (Å²) in [6.07, 6.45) is 2.56. The molecule has 0 aliphatic carbocycles. The van der Waals surface area contributed by atoms with Gasteiger partial charge in [-0.15, -0.1) is 0 Å². The lowest BCUT2D eigenvalue weighted by molar-refractivity contribution is 0.0990. The van der Waals surface area contributed by atoms with Gasteiger partial charge in [0.2, 0.25) is 5.88 Å². The zero-order valence-electron chi connectivity index (χ0n) is 9.28. The van der Waals surface area contributed by atoms with Crippen LogP contribution in [0.3, 0.4) is 0 Å². The van der Waals surface area contributed by atoms with Crippen LogP contribution in [0.4, 0.5) is 0 Å². The van der Waals surface area contributed by atoms with Crippen LogP contribution in [0.1, 0.15) is 32.8 Å². The van der Waals surface area contributed by atoms with Gasteiger partial charge in [-0.05, 0) is 26.3 Å². The van der Waals surface area contributed by atoms with Crippen LogP contribution in [0.2, 0.25) is 0 Å². The monoisotopic (exact) mass is 224 g/mol. The van der Waals surface area contributed by atoms with E-state index in [9.17, 15) is 0 Å². The zero-order valence-corrected chi connectivity index (χ0v) is 10.1. The maximum Gasteiger partial charge on any atom is 0.214 e. The summed E-state index contributed by atoms with van der Waals surface area (Å²) < 4.78 is 5.72. The van der Waals surface area contributed by atoms with Gasteiger partial charge in [-0.2, -0.15) is 0 Å². The van der Waals surface area contributed by atoms with Gasteiger partial charge in [0.25, 0.3) is 0 Å². The normalized spacial score (nSPS) is 11.1. The van der Waals surface area contributed by atoms with Gasteiger partial charge in [0.1, 0.15) is 10.6 Å². The van der Waals surface area contributed by atoms with Crippen molar-refractivity contribution in [1.29, 1.82) is 0 Å². The van der Waals surface area contributed by atoms with E-state index in [1.54, 1.807) is 18.3 Å². The van der Waals surface area contributed by atoms with E-state index in [2.05, 4.69) is 11.9 Å². The van der Waals surface area contributed by atoms with Crippen molar-refractivity contribution in [2.24, 2.45) is 5.73 Å². The van der Waals surface area contributed by atoms with Crippen molar-refractivity contribution < 1.29 is 4.74 Å². The minimum atomic E-state index is -0.220. The summed E-state index contributed by atoms with van der Waals surface area (Å²) in [4.78, 5) is 4.48. The summed E-state index contributed by atoms with van der Waals surface area (Å²) in [5, 5.41) is 0. The third-order valence-electron chi connectivity index (χ3n) is 2.25. The molecule has 3 nitrogen and oxygen atoms in total. The van der Waals surface area contributed by atoms with Crippen molar-refractivity contribution >= 4 is 17.2 Å². The Kier molecular flexibility index (Phi) is 3.63. The Morgan fingerprint density at radius 1 is 1.60 bits per heavy atom. The zero-order chi connectivity index (χ0) is 11.5. The second-order valence-electron chi connectivity index (χ2n) is 3.96. The van der Waals surface area contributed by atoms with Crippen LogP contribution < -0.4 is 10.5 Å². The second kappa shape index (κ2) is 4.57. The SMILES string of the molecule is CCC(C)(C)Oc1cc(C(N)=S)ccn1. The molecular weight excluding hydrogens is 208 g/mol. The highest BCUT2D eigenvalue weighted by Gasteiger charge is 2.17. The Bertz CT molecular complexity index is 363. The third-order valence-corrected chi connectivity index (χ3v) is 2.49. The lowest BCUT2D eigenvalue weighted by Gasteiger charge is -2.24. The van der Waals surface area contributed by atoms with E-state index < -0.39 is 0 Å². The Hall–Kier alpha value is -1.16. The number of nitrogens with two attached hydrogens (primary N) is 1. The molecule has 0 amide bonds. The van der Waals surface area contributed by atoms with Crippen LogP contribution in [-0.4, -0.2) is 15.6 Å². The molecule has 2 N–H and O–H groups in total. The van der Waals surface area contributed by atoms with Gasteiger partial charge in [0.05, 0.1) is 0 Å². The topological polar surface area (TPSA) is 48.1 Å². The number of ether oxygens (including phenoxy) is 1. The van der Waals surface area contributed by atoms with Gasteiger partial charge in [-0.1, -0.05) is 19.1 Å². The number of aromatic nitrogens is 1. The van der Waals surface area contributed by atoms with E-state index in [1.807, 2.05) is 13.8 Å². The van der Waals surface area contributed by atoms with Crippen LogP contribution in [-0.2, 0) is 0 Å². The number of nitrogens with zero attached hydrogens (tertiary/aromatic N) is 1. The predicted octanol–water partition coefficient (Wildman–Crippen LogP) is 2.28. The average Bonchev–Trinajstić information content (AvgIpc) is 2.17. The smallest absolute Gasteiger partial charge is 0.214 e. The number of rotatable bonds is 4. The van der Waals surface area contributed by atoms with Crippen molar-refractivity contribution in [3.8, 4) is 5.88 Å². The maximum absolute atomic E-state index is 5.72. The van der Waals surface area contributed by atoms with Crippen molar-refractivity contribution in [2.75, 3.05) is 0 Å². The molecule has 1 heterocycles. The van der Waals surface area contributed by atoms with Crippen LogP contribution in [0.5, 0.6) is 5.88 Å². The molecule has 1 aromatic heterocycles. The molecular formula is C11H16N2OS. The van der Waals surface area contributed by atoms with Gasteiger partial charge in [0, 0.05) is 17.8 Å². The fourth-order valence-electron chi connectivity index (χ4n) is 0.974. The molecule has 1 rings (SSSR count). The summed E-state index contributed by atoms with van der Waals surface area (Å²) in [5.74, 6) is 0.562. The summed E-state index contributed by atoms with van der Waals surface area (Å²) in [6, 6.07) is 3.54. The highest BCUT2D eigenvalue weighted by Crippen LogP contribution is 2.19. The molecule has 0 aliphatic heterocycles. The maximum atomic E-state index is 5.72. The Labute approximate surface area is 95.7 Å². The van der Waals surface area contributed by atoms with Crippen LogP contribution in [0, 0.1) is 0 Å². The first-order valence-corrected chi connectivity index (χ1v) is 5.30. The van der Waals surface area contributed by atoms with E-state index in [0.717, 1.165) is 12.0 Å². The van der Waals surface area contributed by atoms with Gasteiger partial charge >= 0.3 is 0 Å². The highest BCUT2D eigenvalue weighted by molar-refractivity contribution is 7.80. The molecule has 0 unspecified atom stereocenters. The quantitative estimate of drug-likeness (QED) is 0.797. The summed E-state index contributed by atoms with van der Waals surface area (Å²) in [6.45, 7) is 6.10. The Balaban J connectivity index is 2.87. The lowest BCUT2D eigenvalue weighted by atomic mass is 10.1. The molecule has 82 valence electrons. The first-order chi connectivity index (χ1) is 6.94. The van der Waals surface area contributed by atoms with E-state index in [4.69, 9.17) is 22.7 Å². The lowest BCUT2D eigenvalue weighted by Crippen LogP contribution is -2.27. The van der Waals surface area contributed by atoms with Crippen LogP contribution in [0.15, 0.2) is 18.3 Å². The standard InChI is InChI=1S/C11H16N2OS/c1-4-11(2,3)14-9-7-8(10(12)15)5-6-13-9/h5-7H,4H2,1-3H3,(H2,12,15). The molecule has 0 spiro atoms. The Morgan fingerprint density at radius 3 is 2.80 bits per heavy atom. The number of hydrogen-bond donors (Lipinski definition) is 1.